The molecule has 1 aromatic heterocycles. The van der Waals surface area contributed by atoms with Crippen molar-refractivity contribution >= 4 is 33.7 Å². The van der Waals surface area contributed by atoms with Crippen LogP contribution in [0.5, 0.6) is 0 Å². The number of carbonyl (C=O) groups is 1. The molecule has 0 unspecified atom stereocenters. The van der Waals surface area contributed by atoms with Gasteiger partial charge < -0.3 is 5.11 Å². The number of halogens is 1. The third kappa shape index (κ3) is 3.36. The topological polar surface area (TPSA) is 50.2 Å². The van der Waals surface area contributed by atoms with Crippen molar-refractivity contribution in [1.82, 2.24) is 4.98 Å². The number of carboxylic acids is 1. The van der Waals surface area contributed by atoms with Crippen molar-refractivity contribution in [1.29, 1.82) is 0 Å². The second-order valence-electron chi connectivity index (χ2n) is 4.10. The average Bonchev–Trinajstić information content (AvgIpc) is 2.36. The molecule has 0 aliphatic rings. The number of aryl methyl sites for hydroxylation is 2. The van der Waals surface area contributed by atoms with E-state index in [0.29, 0.717) is 5.56 Å². The van der Waals surface area contributed by atoms with E-state index in [1.165, 1.54) is 11.8 Å². The quantitative estimate of drug-likeness (QED) is 0.906. The number of pyridine rings is 1. The largest absolute Gasteiger partial charge is 0.478 e. The molecule has 1 aromatic carbocycles. The lowest BCUT2D eigenvalue weighted by Crippen LogP contribution is -1.99. The molecule has 2 rings (SSSR count). The van der Waals surface area contributed by atoms with Gasteiger partial charge in [0.05, 0.1) is 11.3 Å². The van der Waals surface area contributed by atoms with Crippen LogP contribution >= 0.6 is 27.7 Å². The number of hydrogen-bond donors (Lipinski definition) is 1. The van der Waals surface area contributed by atoms with Crippen molar-refractivity contribution in [2.45, 2.75) is 23.8 Å². The maximum Gasteiger partial charge on any atom is 0.335 e. The second kappa shape index (κ2) is 5.75. The summed E-state index contributed by atoms with van der Waals surface area (Å²) in [6.07, 6.45) is 0. The fraction of sp³-hybridized carbons (Fsp3) is 0.143. The van der Waals surface area contributed by atoms with Crippen LogP contribution in [-0.2, 0) is 0 Å². The third-order valence-electron chi connectivity index (χ3n) is 2.66. The summed E-state index contributed by atoms with van der Waals surface area (Å²) < 4.78 is 0.965. The minimum absolute atomic E-state index is 0.332. The van der Waals surface area contributed by atoms with Crippen molar-refractivity contribution in [2.75, 3.05) is 0 Å². The molecule has 0 amide bonds. The van der Waals surface area contributed by atoms with E-state index in [2.05, 4.69) is 20.9 Å². The zero-order valence-corrected chi connectivity index (χ0v) is 12.9. The molecule has 0 radical (unpaired) electrons. The van der Waals surface area contributed by atoms with Gasteiger partial charge in [0.15, 0.2) is 0 Å². The van der Waals surface area contributed by atoms with Gasteiger partial charge in [0.1, 0.15) is 5.03 Å². The molecule has 0 aliphatic carbocycles. The van der Waals surface area contributed by atoms with Crippen LogP contribution in [0.25, 0.3) is 0 Å². The van der Waals surface area contributed by atoms with Gasteiger partial charge >= 0.3 is 5.97 Å². The highest BCUT2D eigenvalue weighted by Crippen LogP contribution is 2.29. The zero-order valence-electron chi connectivity index (χ0n) is 10.5. The Morgan fingerprint density at radius 2 is 2.00 bits per heavy atom. The summed E-state index contributed by atoms with van der Waals surface area (Å²) in [6.45, 7) is 3.71. The van der Waals surface area contributed by atoms with E-state index in [0.717, 1.165) is 25.7 Å². The number of nitrogens with zero attached hydrogens (tertiary/aromatic N) is 1. The number of benzene rings is 1. The van der Waals surface area contributed by atoms with Gasteiger partial charge in [0.25, 0.3) is 0 Å². The predicted molar refractivity (Wildman–Crippen MR) is 78.9 cm³/mol. The van der Waals surface area contributed by atoms with Gasteiger partial charge in [-0.1, -0.05) is 17.8 Å². The number of hydrogen-bond acceptors (Lipinski definition) is 3. The molecular formula is C14H12BrNO2S. The Bertz CT molecular complexity index is 643. The summed E-state index contributed by atoms with van der Waals surface area (Å²) >= 11 is 4.86. The molecule has 98 valence electrons. The molecule has 0 atom stereocenters. The van der Waals surface area contributed by atoms with Gasteiger partial charge in [0.2, 0.25) is 0 Å². The summed E-state index contributed by atoms with van der Waals surface area (Å²) in [4.78, 5) is 16.4. The first-order valence-electron chi connectivity index (χ1n) is 5.62. The van der Waals surface area contributed by atoms with Crippen molar-refractivity contribution in [2.24, 2.45) is 0 Å². The van der Waals surface area contributed by atoms with Crippen LogP contribution in [-0.4, -0.2) is 16.1 Å². The summed E-state index contributed by atoms with van der Waals surface area (Å²) in [5, 5.41) is 9.95. The van der Waals surface area contributed by atoms with Crippen molar-refractivity contribution in [3.8, 4) is 0 Å². The molecular weight excluding hydrogens is 326 g/mol. The maximum absolute atomic E-state index is 11.1. The molecule has 2 aromatic rings. The highest BCUT2D eigenvalue weighted by molar-refractivity contribution is 9.10. The lowest BCUT2D eigenvalue weighted by Gasteiger charge is -2.06. The van der Waals surface area contributed by atoms with E-state index in [4.69, 9.17) is 5.11 Å². The van der Waals surface area contributed by atoms with E-state index in [-0.39, 0.29) is 0 Å². The van der Waals surface area contributed by atoms with E-state index in [1.807, 2.05) is 31.2 Å². The first-order chi connectivity index (χ1) is 8.97. The molecule has 0 saturated heterocycles. The minimum atomic E-state index is -0.903. The summed E-state index contributed by atoms with van der Waals surface area (Å²) in [5.74, 6) is -0.903. The van der Waals surface area contributed by atoms with E-state index < -0.39 is 5.97 Å². The van der Waals surface area contributed by atoms with Crippen LogP contribution in [0.15, 0.2) is 44.7 Å². The number of aromatic carboxylic acids is 1. The maximum atomic E-state index is 11.1. The SMILES string of the molecule is Cc1ccc(Sc2ccc(Br)c(C)n2)cc1C(=O)O. The van der Waals surface area contributed by atoms with Gasteiger partial charge in [-0.2, -0.15) is 0 Å². The lowest BCUT2D eigenvalue weighted by molar-refractivity contribution is 0.0696. The minimum Gasteiger partial charge on any atom is -0.478 e. The predicted octanol–water partition coefficient (Wildman–Crippen LogP) is 4.31. The molecule has 1 N–H and O–H groups in total. The molecule has 0 spiro atoms. The average molecular weight is 338 g/mol. The second-order valence-corrected chi connectivity index (χ2v) is 6.05. The van der Waals surface area contributed by atoms with Crippen LogP contribution in [0.4, 0.5) is 0 Å². The standard InChI is InChI=1S/C14H12BrNO2S/c1-8-3-4-10(7-11(8)14(17)18)19-13-6-5-12(15)9(2)16-13/h3-7H,1-2H3,(H,17,18). The van der Waals surface area contributed by atoms with Gasteiger partial charge in [-0.15, -0.1) is 0 Å². The fourth-order valence-corrected chi connectivity index (χ4v) is 2.69. The smallest absolute Gasteiger partial charge is 0.335 e. The molecule has 5 heteroatoms. The van der Waals surface area contributed by atoms with E-state index >= 15 is 0 Å². The normalized spacial score (nSPS) is 10.5. The summed E-state index contributed by atoms with van der Waals surface area (Å²) in [7, 11) is 0. The Hall–Kier alpha value is -1.33. The number of rotatable bonds is 3. The Kier molecular flexibility index (Phi) is 4.27. The van der Waals surface area contributed by atoms with Crippen LogP contribution in [0.3, 0.4) is 0 Å². The van der Waals surface area contributed by atoms with E-state index in [1.54, 1.807) is 13.0 Å². The monoisotopic (exact) mass is 337 g/mol. The highest BCUT2D eigenvalue weighted by Gasteiger charge is 2.09. The van der Waals surface area contributed by atoms with Crippen molar-refractivity contribution < 1.29 is 9.90 Å². The Morgan fingerprint density at radius 1 is 1.26 bits per heavy atom. The molecule has 0 aliphatic heterocycles. The Labute approximate surface area is 124 Å². The molecule has 0 saturated carbocycles. The third-order valence-corrected chi connectivity index (χ3v) is 4.42. The first-order valence-corrected chi connectivity index (χ1v) is 7.23. The van der Waals surface area contributed by atoms with Crippen LogP contribution < -0.4 is 0 Å². The molecule has 0 fully saturated rings. The zero-order chi connectivity index (χ0) is 14.0. The summed E-state index contributed by atoms with van der Waals surface area (Å²) in [5.41, 5.74) is 2.01. The molecule has 3 nitrogen and oxygen atoms in total. The van der Waals surface area contributed by atoms with Crippen molar-refractivity contribution in [3.05, 3.63) is 51.6 Å². The molecule has 1 heterocycles. The van der Waals surface area contributed by atoms with Gasteiger partial charge in [-0.05, 0) is 59.6 Å². The van der Waals surface area contributed by atoms with Crippen LogP contribution in [0.2, 0.25) is 0 Å². The Morgan fingerprint density at radius 3 is 2.63 bits per heavy atom. The fourth-order valence-electron chi connectivity index (χ4n) is 1.59. The van der Waals surface area contributed by atoms with Gasteiger partial charge in [-0.3, -0.25) is 0 Å². The number of carboxylic acid groups (broad SMARTS) is 1. The lowest BCUT2D eigenvalue weighted by atomic mass is 10.1. The molecule has 19 heavy (non-hydrogen) atoms. The van der Waals surface area contributed by atoms with E-state index in [9.17, 15) is 4.79 Å². The van der Waals surface area contributed by atoms with Crippen LogP contribution in [0.1, 0.15) is 21.6 Å². The van der Waals surface area contributed by atoms with Crippen molar-refractivity contribution in [3.63, 3.8) is 0 Å². The first kappa shape index (κ1) is 14.1. The van der Waals surface area contributed by atoms with Gasteiger partial charge in [0, 0.05) is 9.37 Å². The highest BCUT2D eigenvalue weighted by atomic mass is 79.9. The Balaban J connectivity index is 2.30. The van der Waals surface area contributed by atoms with Crippen LogP contribution in [0, 0.1) is 13.8 Å². The summed E-state index contributed by atoms with van der Waals surface area (Å²) in [6, 6.07) is 9.25. The van der Waals surface area contributed by atoms with Gasteiger partial charge in [-0.25, -0.2) is 9.78 Å². The number of aromatic nitrogens is 1. The molecule has 0 bridgehead atoms.